The molecule has 4 rings (SSSR count). The first-order chi connectivity index (χ1) is 18.5. The van der Waals surface area contributed by atoms with Gasteiger partial charge in [0.15, 0.2) is 0 Å². The lowest BCUT2D eigenvalue weighted by Crippen LogP contribution is -2.25. The predicted molar refractivity (Wildman–Crippen MR) is 151 cm³/mol. The Morgan fingerprint density at radius 3 is 2.45 bits per heavy atom. The lowest BCUT2D eigenvalue weighted by Gasteiger charge is -2.19. The summed E-state index contributed by atoms with van der Waals surface area (Å²) in [6.45, 7) is 4.16. The van der Waals surface area contributed by atoms with Gasteiger partial charge in [0.1, 0.15) is 11.6 Å². The maximum atomic E-state index is 12.3. The number of hydrogen-bond acceptors (Lipinski definition) is 8. The molecular weight excluding hydrogens is 548 g/mol. The number of ether oxygens (including phenoxy) is 2. The highest BCUT2D eigenvalue weighted by molar-refractivity contribution is 9.09. The topological polar surface area (TPSA) is 124 Å². The summed E-state index contributed by atoms with van der Waals surface area (Å²) in [4.78, 5) is 26.0. The predicted octanol–water partition coefficient (Wildman–Crippen LogP) is 4.20. The third-order valence-electron chi connectivity index (χ3n) is 6.23. The Morgan fingerprint density at radius 1 is 1.03 bits per heavy atom. The van der Waals surface area contributed by atoms with Crippen LogP contribution in [-0.2, 0) is 12.0 Å². The van der Waals surface area contributed by atoms with Crippen molar-refractivity contribution in [1.29, 1.82) is 0 Å². The highest BCUT2D eigenvalue weighted by atomic mass is 79.9. The van der Waals surface area contributed by atoms with Crippen molar-refractivity contribution in [3.63, 3.8) is 0 Å². The van der Waals surface area contributed by atoms with Crippen molar-refractivity contribution in [1.82, 2.24) is 20.3 Å². The number of carbonyl (C=O) groups is 1. The number of alkyl halides is 1. The average molecular weight is 584 g/mol. The molecule has 1 aliphatic rings. The van der Waals surface area contributed by atoms with E-state index in [0.29, 0.717) is 56.1 Å². The normalized spacial score (nSPS) is 13.6. The van der Waals surface area contributed by atoms with E-state index >= 15 is 0 Å². The van der Waals surface area contributed by atoms with Gasteiger partial charge in [-0.1, -0.05) is 40.2 Å². The van der Waals surface area contributed by atoms with Crippen LogP contribution in [0.4, 0.5) is 5.95 Å². The van der Waals surface area contributed by atoms with E-state index in [1.807, 2.05) is 43.3 Å². The van der Waals surface area contributed by atoms with Gasteiger partial charge >= 0.3 is 6.01 Å². The molecule has 1 aromatic heterocycles. The Morgan fingerprint density at radius 2 is 1.79 bits per heavy atom. The van der Waals surface area contributed by atoms with Gasteiger partial charge in [-0.3, -0.25) is 4.79 Å². The van der Waals surface area contributed by atoms with Gasteiger partial charge in [0.05, 0.1) is 18.8 Å². The number of carbonyl (C=O) groups excluding carboxylic acids is 1. The number of halogens is 1. The zero-order valence-electron chi connectivity index (χ0n) is 21.7. The Labute approximate surface area is 232 Å². The Balaban J connectivity index is 1.45. The van der Waals surface area contributed by atoms with Gasteiger partial charge in [-0.15, -0.1) is 0 Å². The molecule has 4 N–H and O–H groups in total. The van der Waals surface area contributed by atoms with Crippen molar-refractivity contribution in [2.24, 2.45) is 5.73 Å². The van der Waals surface area contributed by atoms with E-state index in [4.69, 9.17) is 20.2 Å². The molecule has 0 saturated heterocycles. The van der Waals surface area contributed by atoms with Crippen LogP contribution >= 0.6 is 15.9 Å². The minimum absolute atomic E-state index is 0.108. The van der Waals surface area contributed by atoms with Gasteiger partial charge < -0.3 is 25.8 Å². The molecule has 0 atom stereocenters. The van der Waals surface area contributed by atoms with Crippen molar-refractivity contribution in [2.75, 3.05) is 37.0 Å². The second kappa shape index (κ2) is 13.5. The minimum Gasteiger partial charge on any atom is -0.494 e. The second-order valence-corrected chi connectivity index (χ2v) is 9.98. The Bertz CT molecular complexity index is 1190. The molecule has 9 nitrogen and oxygen atoms in total. The molecular formula is C28H35BrN6O3. The van der Waals surface area contributed by atoms with E-state index in [0.717, 1.165) is 42.3 Å². The highest BCUT2D eigenvalue weighted by Gasteiger charge is 2.45. The molecule has 10 heteroatoms. The van der Waals surface area contributed by atoms with E-state index in [1.54, 1.807) is 0 Å². The molecule has 1 heterocycles. The lowest BCUT2D eigenvalue weighted by molar-refractivity contribution is 0.0953. The van der Waals surface area contributed by atoms with E-state index in [2.05, 4.69) is 48.7 Å². The summed E-state index contributed by atoms with van der Waals surface area (Å²) in [5.41, 5.74) is 8.04. The van der Waals surface area contributed by atoms with Crippen LogP contribution in [0, 0.1) is 0 Å². The summed E-state index contributed by atoms with van der Waals surface area (Å²) in [6.07, 6.45) is 4.17. The summed E-state index contributed by atoms with van der Waals surface area (Å²) < 4.78 is 11.4. The molecule has 0 radical (unpaired) electrons. The van der Waals surface area contributed by atoms with E-state index in [-0.39, 0.29) is 11.4 Å². The molecule has 0 spiro atoms. The van der Waals surface area contributed by atoms with Crippen LogP contribution in [0.25, 0.3) is 0 Å². The number of amides is 1. The van der Waals surface area contributed by atoms with Gasteiger partial charge in [0.25, 0.3) is 5.91 Å². The molecule has 0 bridgehead atoms. The number of hydrogen-bond donors (Lipinski definition) is 3. The molecule has 38 heavy (non-hydrogen) atoms. The van der Waals surface area contributed by atoms with E-state index < -0.39 is 0 Å². The number of nitrogens with zero attached hydrogens (tertiary/aromatic N) is 3. The van der Waals surface area contributed by atoms with Crippen LogP contribution in [0.3, 0.4) is 0 Å². The molecule has 3 aromatic rings. The summed E-state index contributed by atoms with van der Waals surface area (Å²) in [7, 11) is 0. The van der Waals surface area contributed by atoms with E-state index in [9.17, 15) is 4.79 Å². The molecule has 202 valence electrons. The fourth-order valence-electron chi connectivity index (χ4n) is 4.03. The number of rotatable bonds is 15. The molecule has 0 unspecified atom stereocenters. The van der Waals surface area contributed by atoms with E-state index in [1.165, 1.54) is 5.56 Å². The molecule has 1 saturated carbocycles. The first kappa shape index (κ1) is 27.8. The third-order valence-corrected chi connectivity index (χ3v) is 6.79. The summed E-state index contributed by atoms with van der Waals surface area (Å²) in [6, 6.07) is 16.0. The van der Waals surface area contributed by atoms with Crippen LogP contribution in [0.15, 0.2) is 48.5 Å². The number of nitrogens with one attached hydrogen (secondary N) is 2. The maximum Gasteiger partial charge on any atom is 0.321 e. The van der Waals surface area contributed by atoms with Crippen LogP contribution < -0.4 is 25.8 Å². The lowest BCUT2D eigenvalue weighted by atomic mass is 10.1. The maximum absolute atomic E-state index is 12.3. The van der Waals surface area contributed by atoms with Gasteiger partial charge in [0.2, 0.25) is 5.95 Å². The first-order valence-corrected chi connectivity index (χ1v) is 14.2. The van der Waals surface area contributed by atoms with Crippen molar-refractivity contribution in [3.05, 3.63) is 71.0 Å². The summed E-state index contributed by atoms with van der Waals surface area (Å²) in [5, 5.41) is 7.33. The number of benzene rings is 2. The third kappa shape index (κ3) is 7.64. The van der Waals surface area contributed by atoms with Gasteiger partial charge in [-0.05, 0) is 74.5 Å². The monoisotopic (exact) mass is 582 g/mol. The zero-order chi connectivity index (χ0) is 26.8. The van der Waals surface area contributed by atoms with Crippen molar-refractivity contribution in [3.8, 4) is 11.8 Å². The van der Waals surface area contributed by atoms with Gasteiger partial charge in [-0.25, -0.2) is 0 Å². The van der Waals surface area contributed by atoms with Crippen LogP contribution in [0.1, 0.15) is 59.9 Å². The van der Waals surface area contributed by atoms with Crippen molar-refractivity contribution >= 4 is 27.8 Å². The molecule has 1 aliphatic carbocycles. The van der Waals surface area contributed by atoms with Crippen molar-refractivity contribution in [2.45, 2.75) is 44.6 Å². The van der Waals surface area contributed by atoms with Crippen LogP contribution in [-0.4, -0.2) is 52.5 Å². The fourth-order valence-corrected chi connectivity index (χ4v) is 4.26. The number of aromatic nitrogens is 3. The standard InChI is InChI=1S/C28H35BrN6O3/c1-2-37-27-33-24(19-20-5-7-21(8-6-20)25(36)31-17-4-16-30)32-26(34-27)35-28(13-14-28)22-9-11-23(12-10-22)38-18-3-15-29/h5-12H,2-4,13-19,30H2,1H3,(H,31,36)(H,32,33,34,35). The minimum atomic E-state index is -0.213. The van der Waals surface area contributed by atoms with Crippen LogP contribution in [0.2, 0.25) is 0 Å². The second-order valence-electron chi connectivity index (χ2n) is 9.19. The summed E-state index contributed by atoms with van der Waals surface area (Å²) in [5.74, 6) is 1.84. The zero-order valence-corrected chi connectivity index (χ0v) is 23.3. The molecule has 1 amide bonds. The SMILES string of the molecule is CCOc1nc(Cc2ccc(C(=O)NCCCN)cc2)nc(NC2(c3ccc(OCCCBr)cc3)CC2)n1. The van der Waals surface area contributed by atoms with Crippen molar-refractivity contribution < 1.29 is 14.3 Å². The smallest absolute Gasteiger partial charge is 0.321 e. The van der Waals surface area contributed by atoms with Gasteiger partial charge in [0, 0.05) is 23.9 Å². The highest BCUT2D eigenvalue weighted by Crippen LogP contribution is 2.48. The first-order valence-electron chi connectivity index (χ1n) is 13.1. The fraction of sp³-hybridized carbons (Fsp3) is 0.429. The largest absolute Gasteiger partial charge is 0.494 e. The molecule has 1 fully saturated rings. The summed E-state index contributed by atoms with van der Waals surface area (Å²) >= 11 is 3.42. The number of anilines is 1. The van der Waals surface area contributed by atoms with Crippen LogP contribution in [0.5, 0.6) is 11.8 Å². The quantitative estimate of drug-likeness (QED) is 0.180. The number of nitrogens with two attached hydrogens (primary N) is 1. The molecule has 0 aliphatic heterocycles. The average Bonchev–Trinajstić information content (AvgIpc) is 3.70. The molecule has 2 aromatic carbocycles. The Kier molecular flexibility index (Phi) is 9.89. The van der Waals surface area contributed by atoms with Gasteiger partial charge in [-0.2, -0.15) is 15.0 Å². The Hall–Kier alpha value is -3.24.